The van der Waals surface area contributed by atoms with Gasteiger partial charge in [-0.3, -0.25) is 9.89 Å². The zero-order chi connectivity index (χ0) is 21.2. The molecule has 1 atom stereocenters. The Bertz CT molecular complexity index is 798. The number of guanidine groups is 1. The van der Waals surface area contributed by atoms with E-state index in [0.29, 0.717) is 6.54 Å². The van der Waals surface area contributed by atoms with Crippen LogP contribution in [-0.2, 0) is 13.0 Å². The zero-order valence-electron chi connectivity index (χ0n) is 18.5. The van der Waals surface area contributed by atoms with Crippen molar-refractivity contribution in [1.29, 1.82) is 0 Å². The Kier molecular flexibility index (Phi) is 8.50. The first-order chi connectivity index (χ1) is 14.8. The molecule has 2 aromatic rings. The van der Waals surface area contributed by atoms with Crippen molar-refractivity contribution in [2.45, 2.75) is 45.7 Å². The molecule has 2 heterocycles. The maximum Gasteiger partial charge on any atom is 0.191 e. The van der Waals surface area contributed by atoms with Crippen molar-refractivity contribution < 1.29 is 4.74 Å². The Hall–Kier alpha value is -2.61. The fraction of sp³-hybridized carbons (Fsp3) is 0.591. The molecule has 0 bridgehead atoms. The summed E-state index contributed by atoms with van der Waals surface area (Å²) in [6.45, 7) is 9.47. The highest BCUT2D eigenvalue weighted by atomic mass is 16.5. The first-order valence-corrected chi connectivity index (χ1v) is 11.0. The van der Waals surface area contributed by atoms with Gasteiger partial charge in [0.1, 0.15) is 17.9 Å². The quantitative estimate of drug-likeness (QED) is 0.459. The summed E-state index contributed by atoms with van der Waals surface area (Å²) in [5.41, 5.74) is 1.21. The highest BCUT2D eigenvalue weighted by Crippen LogP contribution is 2.31. The van der Waals surface area contributed by atoms with E-state index in [9.17, 15) is 0 Å². The van der Waals surface area contributed by atoms with Crippen LogP contribution in [0.5, 0.6) is 5.75 Å². The summed E-state index contributed by atoms with van der Waals surface area (Å²) >= 11 is 0. The molecule has 0 radical (unpaired) electrons. The number of aryl methyl sites for hydroxylation is 1. The minimum Gasteiger partial charge on any atom is -0.496 e. The van der Waals surface area contributed by atoms with Crippen LogP contribution in [0.2, 0.25) is 0 Å². The van der Waals surface area contributed by atoms with Gasteiger partial charge < -0.3 is 19.9 Å². The average molecular weight is 414 g/mol. The van der Waals surface area contributed by atoms with Gasteiger partial charge in [-0.1, -0.05) is 25.1 Å². The lowest BCUT2D eigenvalue weighted by molar-refractivity contribution is 0.245. The standard InChI is InChI=1S/C22H35N7O/c1-4-21-27-26-17-29(21)15-12-24-22(23-5-2)25-16-19(28-13-8-9-14-28)18-10-6-7-11-20(18)30-3/h6-7,10-11,17,19H,4-5,8-9,12-16H2,1-3H3,(H2,23,24,25). The SMILES string of the molecule is CCNC(=NCC(c1ccccc1OC)N1CCCC1)NCCn1cnnc1CC. The zero-order valence-corrected chi connectivity index (χ0v) is 18.5. The molecular formula is C22H35N7O. The number of likely N-dealkylation sites (tertiary alicyclic amines) is 1. The third-order valence-corrected chi connectivity index (χ3v) is 5.50. The lowest BCUT2D eigenvalue weighted by Crippen LogP contribution is -2.40. The summed E-state index contributed by atoms with van der Waals surface area (Å²) in [6, 6.07) is 8.52. The van der Waals surface area contributed by atoms with Gasteiger partial charge in [-0.25, -0.2) is 0 Å². The van der Waals surface area contributed by atoms with E-state index in [1.807, 2.05) is 12.1 Å². The molecule has 1 aromatic heterocycles. The van der Waals surface area contributed by atoms with Crippen molar-refractivity contribution in [3.63, 3.8) is 0 Å². The molecule has 2 N–H and O–H groups in total. The van der Waals surface area contributed by atoms with E-state index >= 15 is 0 Å². The van der Waals surface area contributed by atoms with Gasteiger partial charge in [-0.2, -0.15) is 0 Å². The molecule has 8 nitrogen and oxygen atoms in total. The first-order valence-electron chi connectivity index (χ1n) is 11.0. The van der Waals surface area contributed by atoms with E-state index in [2.05, 4.69) is 56.3 Å². The highest BCUT2D eigenvalue weighted by Gasteiger charge is 2.25. The van der Waals surface area contributed by atoms with Gasteiger partial charge in [0.2, 0.25) is 0 Å². The fourth-order valence-corrected chi connectivity index (χ4v) is 3.96. The summed E-state index contributed by atoms with van der Waals surface area (Å²) in [4.78, 5) is 7.45. The summed E-state index contributed by atoms with van der Waals surface area (Å²) in [5, 5.41) is 15.0. The lowest BCUT2D eigenvalue weighted by atomic mass is 10.0. The van der Waals surface area contributed by atoms with Crippen LogP contribution in [0.15, 0.2) is 35.6 Å². The van der Waals surface area contributed by atoms with Gasteiger partial charge in [0.15, 0.2) is 5.96 Å². The topological polar surface area (TPSA) is 79.6 Å². The monoisotopic (exact) mass is 413 g/mol. The van der Waals surface area contributed by atoms with Crippen molar-refractivity contribution in [3.8, 4) is 5.75 Å². The summed E-state index contributed by atoms with van der Waals surface area (Å²) in [6.07, 6.45) is 5.15. The summed E-state index contributed by atoms with van der Waals surface area (Å²) < 4.78 is 7.73. The summed E-state index contributed by atoms with van der Waals surface area (Å²) in [5.74, 6) is 2.77. The van der Waals surface area contributed by atoms with Gasteiger partial charge in [0, 0.05) is 31.6 Å². The van der Waals surface area contributed by atoms with Crippen molar-refractivity contribution in [2.24, 2.45) is 4.99 Å². The van der Waals surface area contributed by atoms with Crippen LogP contribution in [0.4, 0.5) is 0 Å². The Morgan fingerprint density at radius 1 is 1.20 bits per heavy atom. The molecule has 0 aliphatic carbocycles. The second-order valence-corrected chi connectivity index (χ2v) is 7.44. The minimum absolute atomic E-state index is 0.212. The molecular weight excluding hydrogens is 378 g/mol. The number of methoxy groups -OCH3 is 1. The Morgan fingerprint density at radius 3 is 2.73 bits per heavy atom. The maximum atomic E-state index is 5.65. The third kappa shape index (κ3) is 5.72. The molecule has 0 spiro atoms. The molecule has 1 fully saturated rings. The second-order valence-electron chi connectivity index (χ2n) is 7.44. The largest absolute Gasteiger partial charge is 0.496 e. The van der Waals surface area contributed by atoms with Crippen LogP contribution >= 0.6 is 0 Å². The van der Waals surface area contributed by atoms with E-state index in [0.717, 1.165) is 56.7 Å². The van der Waals surface area contributed by atoms with Gasteiger partial charge >= 0.3 is 0 Å². The Morgan fingerprint density at radius 2 is 2.00 bits per heavy atom. The molecule has 164 valence electrons. The number of nitrogens with zero attached hydrogens (tertiary/aromatic N) is 5. The number of benzene rings is 1. The predicted octanol–water partition coefficient (Wildman–Crippen LogP) is 2.24. The van der Waals surface area contributed by atoms with Crippen LogP contribution in [0.25, 0.3) is 0 Å². The van der Waals surface area contributed by atoms with Crippen molar-refractivity contribution in [1.82, 2.24) is 30.3 Å². The molecule has 0 amide bonds. The lowest BCUT2D eigenvalue weighted by Gasteiger charge is -2.28. The Labute approximate surface area is 179 Å². The van der Waals surface area contributed by atoms with E-state index in [-0.39, 0.29) is 6.04 Å². The number of aliphatic imine (C=N–C) groups is 1. The molecule has 1 aliphatic heterocycles. The van der Waals surface area contributed by atoms with E-state index < -0.39 is 0 Å². The maximum absolute atomic E-state index is 5.65. The smallest absolute Gasteiger partial charge is 0.191 e. The van der Waals surface area contributed by atoms with Crippen LogP contribution in [0.3, 0.4) is 0 Å². The van der Waals surface area contributed by atoms with Gasteiger partial charge in [-0.15, -0.1) is 10.2 Å². The van der Waals surface area contributed by atoms with Crippen LogP contribution in [0, 0.1) is 0 Å². The average Bonchev–Trinajstić information content (AvgIpc) is 3.46. The molecule has 1 aromatic carbocycles. The summed E-state index contributed by atoms with van der Waals surface area (Å²) in [7, 11) is 1.74. The minimum atomic E-state index is 0.212. The number of rotatable bonds is 10. The molecule has 1 unspecified atom stereocenters. The highest BCUT2D eigenvalue weighted by molar-refractivity contribution is 5.79. The normalized spacial score (nSPS) is 15.9. The molecule has 1 aliphatic rings. The van der Waals surface area contributed by atoms with Crippen LogP contribution in [-0.4, -0.2) is 65.5 Å². The fourth-order valence-electron chi connectivity index (χ4n) is 3.96. The Balaban J connectivity index is 1.69. The molecule has 3 rings (SSSR count). The van der Waals surface area contributed by atoms with Gasteiger partial charge in [0.25, 0.3) is 0 Å². The number of para-hydroxylation sites is 1. The molecule has 30 heavy (non-hydrogen) atoms. The molecule has 0 saturated carbocycles. The van der Waals surface area contributed by atoms with Crippen molar-refractivity contribution >= 4 is 5.96 Å². The molecule has 8 heteroatoms. The van der Waals surface area contributed by atoms with Gasteiger partial charge in [-0.05, 0) is 38.9 Å². The number of hydrogen-bond acceptors (Lipinski definition) is 5. The van der Waals surface area contributed by atoms with Crippen molar-refractivity contribution in [2.75, 3.05) is 39.8 Å². The second kappa shape index (κ2) is 11.5. The van der Waals surface area contributed by atoms with Crippen LogP contribution in [0.1, 0.15) is 44.1 Å². The predicted molar refractivity (Wildman–Crippen MR) is 120 cm³/mol. The number of hydrogen-bond donors (Lipinski definition) is 2. The molecule has 1 saturated heterocycles. The van der Waals surface area contributed by atoms with E-state index in [4.69, 9.17) is 9.73 Å². The van der Waals surface area contributed by atoms with E-state index in [1.54, 1.807) is 13.4 Å². The first kappa shape index (κ1) is 22.1. The van der Waals surface area contributed by atoms with Crippen LogP contribution < -0.4 is 15.4 Å². The van der Waals surface area contributed by atoms with E-state index in [1.165, 1.54) is 18.4 Å². The number of aromatic nitrogens is 3. The third-order valence-electron chi connectivity index (χ3n) is 5.50. The van der Waals surface area contributed by atoms with Gasteiger partial charge in [0.05, 0.1) is 19.7 Å². The van der Waals surface area contributed by atoms with Crippen molar-refractivity contribution in [3.05, 3.63) is 42.0 Å². The number of ether oxygens (including phenoxy) is 1. The number of nitrogens with one attached hydrogen (secondary N) is 2.